The Labute approximate surface area is 133 Å². The summed E-state index contributed by atoms with van der Waals surface area (Å²) in [6, 6.07) is 4.97. The Balaban J connectivity index is 3.25. The van der Waals surface area contributed by atoms with Crippen molar-refractivity contribution < 1.29 is 8.42 Å². The van der Waals surface area contributed by atoms with Crippen molar-refractivity contribution in [2.75, 3.05) is 19.6 Å². The van der Waals surface area contributed by atoms with E-state index in [0.29, 0.717) is 30.2 Å². The molecule has 0 atom stereocenters. The number of benzene rings is 1. The molecule has 4 nitrogen and oxygen atoms in total. The lowest BCUT2D eigenvalue weighted by Crippen LogP contribution is -2.42. The van der Waals surface area contributed by atoms with Crippen molar-refractivity contribution in [3.8, 4) is 0 Å². The SMILES string of the molecule is CCCN(CC(C)(C)CN)S(=O)(=O)c1cccc(Cl)c1C. The Morgan fingerprint density at radius 1 is 1.33 bits per heavy atom. The average Bonchev–Trinajstić information content (AvgIpc) is 2.41. The molecule has 0 spiro atoms. The molecule has 0 saturated carbocycles. The fourth-order valence-corrected chi connectivity index (χ4v) is 4.28. The molecule has 0 amide bonds. The normalized spacial score (nSPS) is 12.9. The van der Waals surface area contributed by atoms with Crippen LogP contribution in [0.1, 0.15) is 32.8 Å². The summed E-state index contributed by atoms with van der Waals surface area (Å²) in [6.45, 7) is 8.92. The fraction of sp³-hybridized carbons (Fsp3) is 0.600. The lowest BCUT2D eigenvalue weighted by Gasteiger charge is -2.31. The highest BCUT2D eigenvalue weighted by atomic mass is 35.5. The molecule has 0 radical (unpaired) electrons. The molecule has 120 valence electrons. The third-order valence-corrected chi connectivity index (χ3v) is 5.86. The standard InChI is InChI=1S/C15H25ClN2O2S/c1-5-9-18(11-15(3,4)10-17)21(19,20)14-8-6-7-13(16)12(14)2/h6-8H,5,9-11,17H2,1-4H3. The van der Waals surface area contributed by atoms with Crippen LogP contribution in [0.25, 0.3) is 0 Å². The van der Waals surface area contributed by atoms with E-state index in [-0.39, 0.29) is 10.3 Å². The van der Waals surface area contributed by atoms with E-state index in [1.165, 1.54) is 4.31 Å². The second-order valence-corrected chi connectivity index (χ2v) is 8.38. The molecule has 0 unspecified atom stereocenters. The second-order valence-electron chi connectivity index (χ2n) is 6.07. The van der Waals surface area contributed by atoms with Gasteiger partial charge in [-0.3, -0.25) is 0 Å². The van der Waals surface area contributed by atoms with Crippen LogP contribution in [0.4, 0.5) is 0 Å². The van der Waals surface area contributed by atoms with Gasteiger partial charge in [0.25, 0.3) is 0 Å². The predicted octanol–water partition coefficient (Wildman–Crippen LogP) is 3.03. The molecule has 0 saturated heterocycles. The first-order chi connectivity index (χ1) is 9.65. The lowest BCUT2D eigenvalue weighted by atomic mass is 9.94. The summed E-state index contributed by atoms with van der Waals surface area (Å²) in [5.74, 6) is 0. The minimum atomic E-state index is -3.57. The summed E-state index contributed by atoms with van der Waals surface area (Å²) < 4.78 is 27.3. The molecule has 0 bridgehead atoms. The highest BCUT2D eigenvalue weighted by Crippen LogP contribution is 2.27. The zero-order chi connectivity index (χ0) is 16.3. The van der Waals surface area contributed by atoms with Crippen molar-refractivity contribution >= 4 is 21.6 Å². The van der Waals surface area contributed by atoms with E-state index in [9.17, 15) is 8.42 Å². The monoisotopic (exact) mass is 332 g/mol. The molecule has 0 fully saturated rings. The average molecular weight is 333 g/mol. The van der Waals surface area contributed by atoms with Gasteiger partial charge in [-0.15, -0.1) is 0 Å². The fourth-order valence-electron chi connectivity index (χ4n) is 2.08. The zero-order valence-electron chi connectivity index (χ0n) is 13.2. The van der Waals surface area contributed by atoms with Crippen molar-refractivity contribution in [2.45, 2.75) is 39.0 Å². The minimum absolute atomic E-state index is 0.269. The molecule has 21 heavy (non-hydrogen) atoms. The Morgan fingerprint density at radius 2 is 1.95 bits per heavy atom. The maximum Gasteiger partial charge on any atom is 0.243 e. The first kappa shape index (κ1) is 18.4. The van der Waals surface area contributed by atoms with E-state index >= 15 is 0 Å². The van der Waals surface area contributed by atoms with E-state index in [4.69, 9.17) is 17.3 Å². The van der Waals surface area contributed by atoms with Crippen molar-refractivity contribution in [3.05, 3.63) is 28.8 Å². The van der Waals surface area contributed by atoms with Crippen LogP contribution in [-0.2, 0) is 10.0 Å². The van der Waals surface area contributed by atoms with Crippen LogP contribution in [0.5, 0.6) is 0 Å². The first-order valence-corrected chi connectivity index (χ1v) is 8.93. The Morgan fingerprint density at radius 3 is 2.48 bits per heavy atom. The number of hydrogen-bond acceptors (Lipinski definition) is 3. The van der Waals surface area contributed by atoms with Gasteiger partial charge in [0.1, 0.15) is 0 Å². The number of hydrogen-bond donors (Lipinski definition) is 1. The minimum Gasteiger partial charge on any atom is -0.330 e. The third kappa shape index (κ3) is 4.42. The highest BCUT2D eigenvalue weighted by molar-refractivity contribution is 7.89. The van der Waals surface area contributed by atoms with Crippen LogP contribution < -0.4 is 5.73 Å². The van der Waals surface area contributed by atoms with Crippen molar-refractivity contribution in [2.24, 2.45) is 11.1 Å². The second kappa shape index (κ2) is 7.09. The molecule has 0 aromatic heterocycles. The molecular formula is C15H25ClN2O2S. The summed E-state index contributed by atoms with van der Waals surface area (Å²) in [5, 5.41) is 0.464. The number of nitrogens with two attached hydrogens (primary N) is 1. The van der Waals surface area contributed by atoms with E-state index in [1.807, 2.05) is 20.8 Å². The quantitative estimate of drug-likeness (QED) is 0.834. The molecule has 0 aliphatic carbocycles. The summed E-state index contributed by atoms with van der Waals surface area (Å²) in [7, 11) is -3.57. The Bertz CT molecular complexity index is 585. The van der Waals surface area contributed by atoms with Gasteiger partial charge < -0.3 is 5.73 Å². The van der Waals surface area contributed by atoms with E-state index in [2.05, 4.69) is 0 Å². The van der Waals surface area contributed by atoms with Crippen LogP contribution in [0.3, 0.4) is 0 Å². The van der Waals surface area contributed by atoms with Crippen molar-refractivity contribution in [3.63, 3.8) is 0 Å². The van der Waals surface area contributed by atoms with Crippen molar-refractivity contribution in [1.82, 2.24) is 4.31 Å². The van der Waals surface area contributed by atoms with Crippen LogP contribution in [0.2, 0.25) is 5.02 Å². The third-order valence-electron chi connectivity index (χ3n) is 3.47. The van der Waals surface area contributed by atoms with Crippen LogP contribution in [0.15, 0.2) is 23.1 Å². The molecule has 1 aromatic carbocycles. The summed E-state index contributed by atoms with van der Waals surface area (Å²) in [5.41, 5.74) is 6.06. The maximum atomic E-state index is 12.9. The molecule has 2 N–H and O–H groups in total. The summed E-state index contributed by atoms with van der Waals surface area (Å²) >= 11 is 6.06. The smallest absolute Gasteiger partial charge is 0.243 e. The molecule has 1 rings (SSSR count). The van der Waals surface area contributed by atoms with Crippen LogP contribution in [0, 0.1) is 12.3 Å². The summed E-state index contributed by atoms with van der Waals surface area (Å²) in [4.78, 5) is 0.274. The van der Waals surface area contributed by atoms with Crippen LogP contribution >= 0.6 is 11.6 Å². The molecule has 0 heterocycles. The largest absolute Gasteiger partial charge is 0.330 e. The molecule has 0 aliphatic rings. The van der Waals surface area contributed by atoms with Crippen LogP contribution in [-0.4, -0.2) is 32.4 Å². The number of sulfonamides is 1. The Kier molecular flexibility index (Phi) is 6.23. The Hall–Kier alpha value is -0.620. The highest BCUT2D eigenvalue weighted by Gasteiger charge is 2.30. The zero-order valence-corrected chi connectivity index (χ0v) is 14.8. The molecule has 1 aromatic rings. The number of rotatable bonds is 7. The van der Waals surface area contributed by atoms with E-state index < -0.39 is 10.0 Å². The predicted molar refractivity (Wildman–Crippen MR) is 88.1 cm³/mol. The van der Waals surface area contributed by atoms with Crippen molar-refractivity contribution in [1.29, 1.82) is 0 Å². The first-order valence-electron chi connectivity index (χ1n) is 7.11. The summed E-state index contributed by atoms with van der Waals surface area (Å²) in [6.07, 6.45) is 0.749. The topological polar surface area (TPSA) is 63.4 Å². The van der Waals surface area contributed by atoms with Gasteiger partial charge in [-0.05, 0) is 43.0 Å². The van der Waals surface area contributed by atoms with Gasteiger partial charge in [0.15, 0.2) is 0 Å². The maximum absolute atomic E-state index is 12.9. The number of nitrogens with zero attached hydrogens (tertiary/aromatic N) is 1. The van der Waals surface area contributed by atoms with Gasteiger partial charge in [-0.1, -0.05) is 38.4 Å². The molecule has 0 aliphatic heterocycles. The van der Waals surface area contributed by atoms with Gasteiger partial charge in [-0.25, -0.2) is 8.42 Å². The molecular weight excluding hydrogens is 308 g/mol. The lowest BCUT2D eigenvalue weighted by molar-refractivity contribution is 0.266. The van der Waals surface area contributed by atoms with Gasteiger partial charge in [-0.2, -0.15) is 4.31 Å². The van der Waals surface area contributed by atoms with Gasteiger partial charge >= 0.3 is 0 Å². The van der Waals surface area contributed by atoms with Gasteiger partial charge in [0, 0.05) is 18.1 Å². The number of halogens is 1. The molecule has 6 heteroatoms. The van der Waals surface area contributed by atoms with E-state index in [1.54, 1.807) is 25.1 Å². The van der Waals surface area contributed by atoms with Gasteiger partial charge in [0.2, 0.25) is 10.0 Å². The van der Waals surface area contributed by atoms with Gasteiger partial charge in [0.05, 0.1) is 4.90 Å². The van der Waals surface area contributed by atoms with E-state index in [0.717, 1.165) is 6.42 Å².